The van der Waals surface area contributed by atoms with Crippen LogP contribution in [-0.4, -0.2) is 5.60 Å². The number of ether oxygens (including phenoxy) is 1. The Bertz CT molecular complexity index is 569. The molecular formula is C21H30O. The maximum atomic E-state index is 6.75. The normalized spacial score (nSPS) is 33.4. The molecular weight excluding hydrogens is 268 g/mol. The molecule has 0 amide bonds. The molecule has 3 rings (SSSR count). The first-order valence-corrected chi connectivity index (χ1v) is 8.87. The standard InChI is InChI=1S/C21H30O/c1-16(2)9-7-13-21-14-8-10-17(3)20(21,4)15-18-11-5-6-12-19(18)22-21/h5-6,9,11-12,17H,7-8,10,13-15H2,1-4H3/t17-,20+,21-/m0/s1. The number of para-hydroxylation sites is 1. The molecule has 0 unspecified atom stereocenters. The van der Waals surface area contributed by atoms with Crippen LogP contribution in [0.3, 0.4) is 0 Å². The number of benzene rings is 1. The molecule has 1 heterocycles. The van der Waals surface area contributed by atoms with Crippen molar-refractivity contribution >= 4 is 0 Å². The van der Waals surface area contributed by atoms with Crippen molar-refractivity contribution in [1.29, 1.82) is 0 Å². The molecule has 1 aliphatic heterocycles. The Hall–Kier alpha value is -1.24. The number of fused-ring (bicyclic) bond motifs is 2. The van der Waals surface area contributed by atoms with Crippen LogP contribution in [0.5, 0.6) is 5.75 Å². The van der Waals surface area contributed by atoms with E-state index in [1.54, 1.807) is 0 Å². The highest BCUT2D eigenvalue weighted by Crippen LogP contribution is 2.57. The van der Waals surface area contributed by atoms with Gasteiger partial charge in [0.2, 0.25) is 0 Å². The molecule has 22 heavy (non-hydrogen) atoms. The minimum atomic E-state index is 0.0188. The number of hydrogen-bond donors (Lipinski definition) is 0. The van der Waals surface area contributed by atoms with Gasteiger partial charge in [0, 0.05) is 5.41 Å². The van der Waals surface area contributed by atoms with Crippen LogP contribution in [0.25, 0.3) is 0 Å². The van der Waals surface area contributed by atoms with E-state index < -0.39 is 0 Å². The third-order valence-corrected chi connectivity index (χ3v) is 6.28. The van der Waals surface area contributed by atoms with Crippen molar-refractivity contribution in [1.82, 2.24) is 0 Å². The molecule has 0 radical (unpaired) electrons. The monoisotopic (exact) mass is 298 g/mol. The first-order chi connectivity index (χ1) is 10.5. The summed E-state index contributed by atoms with van der Waals surface area (Å²) in [5, 5.41) is 0. The minimum absolute atomic E-state index is 0.0188. The zero-order chi connectivity index (χ0) is 15.8. The molecule has 0 saturated heterocycles. The highest BCUT2D eigenvalue weighted by molar-refractivity contribution is 5.38. The van der Waals surface area contributed by atoms with Gasteiger partial charge in [-0.1, -0.05) is 43.7 Å². The van der Waals surface area contributed by atoms with Crippen LogP contribution < -0.4 is 4.74 Å². The van der Waals surface area contributed by atoms with Gasteiger partial charge in [-0.05, 0) is 69.9 Å². The summed E-state index contributed by atoms with van der Waals surface area (Å²) < 4.78 is 6.75. The van der Waals surface area contributed by atoms with E-state index in [1.807, 2.05) is 0 Å². The predicted molar refractivity (Wildman–Crippen MR) is 93.3 cm³/mol. The van der Waals surface area contributed by atoms with Gasteiger partial charge in [-0.25, -0.2) is 0 Å². The fraction of sp³-hybridized carbons (Fsp3) is 0.619. The van der Waals surface area contributed by atoms with Crippen LogP contribution in [0.4, 0.5) is 0 Å². The third-order valence-electron chi connectivity index (χ3n) is 6.28. The van der Waals surface area contributed by atoms with Crippen molar-refractivity contribution < 1.29 is 4.74 Å². The van der Waals surface area contributed by atoms with Gasteiger partial charge in [-0.2, -0.15) is 0 Å². The maximum Gasteiger partial charge on any atom is 0.123 e. The SMILES string of the molecule is CC(C)=CCC[C@]12CCC[C@H](C)[C@@]1(C)Cc1ccccc1O2. The summed E-state index contributed by atoms with van der Waals surface area (Å²) in [6, 6.07) is 8.67. The van der Waals surface area contributed by atoms with Crippen LogP contribution in [-0.2, 0) is 6.42 Å². The lowest BCUT2D eigenvalue weighted by Crippen LogP contribution is -2.59. The Morgan fingerprint density at radius 3 is 2.86 bits per heavy atom. The molecule has 0 spiro atoms. The lowest BCUT2D eigenvalue weighted by Gasteiger charge is -2.58. The number of hydrogen-bond acceptors (Lipinski definition) is 1. The first kappa shape index (κ1) is 15.6. The summed E-state index contributed by atoms with van der Waals surface area (Å²) in [5.41, 5.74) is 3.09. The van der Waals surface area contributed by atoms with E-state index in [1.165, 1.54) is 36.8 Å². The van der Waals surface area contributed by atoms with Crippen LogP contribution in [0.15, 0.2) is 35.9 Å². The van der Waals surface area contributed by atoms with E-state index in [9.17, 15) is 0 Å². The second-order valence-corrected chi connectivity index (χ2v) is 7.91. The Kier molecular flexibility index (Phi) is 4.09. The average molecular weight is 298 g/mol. The summed E-state index contributed by atoms with van der Waals surface area (Å²) in [6.07, 6.45) is 9.66. The van der Waals surface area contributed by atoms with Gasteiger partial charge < -0.3 is 4.74 Å². The Balaban J connectivity index is 1.97. The van der Waals surface area contributed by atoms with E-state index in [-0.39, 0.29) is 11.0 Å². The van der Waals surface area contributed by atoms with Crippen LogP contribution in [0.1, 0.15) is 65.4 Å². The Labute approximate surface area is 135 Å². The summed E-state index contributed by atoms with van der Waals surface area (Å²) in [6.45, 7) is 9.30. The molecule has 2 aliphatic rings. The highest BCUT2D eigenvalue weighted by Gasteiger charge is 2.56. The van der Waals surface area contributed by atoms with E-state index in [4.69, 9.17) is 4.74 Å². The van der Waals surface area contributed by atoms with Gasteiger partial charge in [-0.3, -0.25) is 0 Å². The van der Waals surface area contributed by atoms with Crippen molar-refractivity contribution in [2.24, 2.45) is 11.3 Å². The van der Waals surface area contributed by atoms with Crippen LogP contribution in [0.2, 0.25) is 0 Å². The van der Waals surface area contributed by atoms with Gasteiger partial charge in [0.25, 0.3) is 0 Å². The summed E-state index contributed by atoms with van der Waals surface area (Å²) in [4.78, 5) is 0. The second-order valence-electron chi connectivity index (χ2n) is 7.91. The first-order valence-electron chi connectivity index (χ1n) is 8.87. The smallest absolute Gasteiger partial charge is 0.123 e. The molecule has 1 aromatic rings. The summed E-state index contributed by atoms with van der Waals surface area (Å²) >= 11 is 0. The number of rotatable bonds is 3. The molecule has 1 nitrogen and oxygen atoms in total. The molecule has 1 fully saturated rings. The average Bonchev–Trinajstić information content (AvgIpc) is 2.46. The van der Waals surface area contributed by atoms with Gasteiger partial charge in [0.1, 0.15) is 11.4 Å². The Morgan fingerprint density at radius 2 is 2.09 bits per heavy atom. The van der Waals surface area contributed by atoms with Crippen LogP contribution in [0, 0.1) is 11.3 Å². The molecule has 3 atom stereocenters. The van der Waals surface area contributed by atoms with Gasteiger partial charge in [0.15, 0.2) is 0 Å². The van der Waals surface area contributed by atoms with Gasteiger partial charge >= 0.3 is 0 Å². The van der Waals surface area contributed by atoms with Gasteiger partial charge in [-0.15, -0.1) is 0 Å². The quantitative estimate of drug-likeness (QED) is 0.628. The van der Waals surface area contributed by atoms with Crippen molar-refractivity contribution in [3.63, 3.8) is 0 Å². The number of allylic oxidation sites excluding steroid dienone is 2. The molecule has 1 heteroatoms. The van der Waals surface area contributed by atoms with Gasteiger partial charge in [0.05, 0.1) is 0 Å². The fourth-order valence-electron chi connectivity index (χ4n) is 4.66. The summed E-state index contributed by atoms with van der Waals surface area (Å²) in [7, 11) is 0. The Morgan fingerprint density at radius 1 is 1.32 bits per heavy atom. The third kappa shape index (κ3) is 2.49. The molecule has 1 aliphatic carbocycles. The van der Waals surface area contributed by atoms with Crippen molar-refractivity contribution in [2.45, 2.75) is 71.8 Å². The predicted octanol–water partition coefficient (Wildman–Crippen LogP) is 5.93. The second kappa shape index (κ2) is 5.76. The lowest BCUT2D eigenvalue weighted by molar-refractivity contribution is -0.130. The molecule has 120 valence electrons. The topological polar surface area (TPSA) is 9.23 Å². The molecule has 0 N–H and O–H groups in total. The molecule has 1 saturated carbocycles. The van der Waals surface area contributed by atoms with E-state index in [0.29, 0.717) is 0 Å². The van der Waals surface area contributed by atoms with Crippen LogP contribution >= 0.6 is 0 Å². The van der Waals surface area contributed by atoms with Crippen molar-refractivity contribution in [3.05, 3.63) is 41.5 Å². The zero-order valence-corrected chi connectivity index (χ0v) is 14.6. The largest absolute Gasteiger partial charge is 0.486 e. The van der Waals surface area contributed by atoms with E-state index in [2.05, 4.69) is 58.0 Å². The van der Waals surface area contributed by atoms with E-state index >= 15 is 0 Å². The van der Waals surface area contributed by atoms with Crippen molar-refractivity contribution in [3.8, 4) is 5.75 Å². The summed E-state index contributed by atoms with van der Waals surface area (Å²) in [5.74, 6) is 1.85. The minimum Gasteiger partial charge on any atom is -0.486 e. The zero-order valence-electron chi connectivity index (χ0n) is 14.6. The van der Waals surface area contributed by atoms with E-state index in [0.717, 1.165) is 24.5 Å². The fourth-order valence-corrected chi connectivity index (χ4v) is 4.66. The lowest BCUT2D eigenvalue weighted by atomic mass is 9.54. The molecule has 1 aromatic carbocycles. The van der Waals surface area contributed by atoms with Crippen molar-refractivity contribution in [2.75, 3.05) is 0 Å². The highest BCUT2D eigenvalue weighted by atomic mass is 16.5. The molecule has 0 aromatic heterocycles. The maximum absolute atomic E-state index is 6.75. The molecule has 0 bridgehead atoms.